The molecule has 0 radical (unpaired) electrons. The molecule has 0 heterocycles. The third-order valence-electron chi connectivity index (χ3n) is 3.43. The molecule has 0 saturated heterocycles. The first-order valence-corrected chi connectivity index (χ1v) is 6.72. The van der Waals surface area contributed by atoms with Gasteiger partial charge < -0.3 is 15.5 Å². The van der Waals surface area contributed by atoms with E-state index in [0.29, 0.717) is 17.3 Å². The summed E-state index contributed by atoms with van der Waals surface area (Å²) in [4.78, 5) is 15.6. The number of anilines is 2. The lowest BCUT2D eigenvalue weighted by Crippen LogP contribution is -2.29. The topological polar surface area (TPSA) is 49.6 Å². The molecule has 4 heteroatoms. The minimum Gasteiger partial charge on any atom is -0.397 e. The maximum absolute atomic E-state index is 11.9. The summed E-state index contributed by atoms with van der Waals surface area (Å²) in [5, 5.41) is 0. The molecule has 1 amide bonds. The molecule has 19 heavy (non-hydrogen) atoms. The quantitative estimate of drug-likeness (QED) is 0.831. The van der Waals surface area contributed by atoms with Crippen LogP contribution in [0.5, 0.6) is 0 Å². The third kappa shape index (κ3) is 3.63. The zero-order valence-electron chi connectivity index (χ0n) is 12.6. The van der Waals surface area contributed by atoms with Crippen molar-refractivity contribution in [2.24, 2.45) is 0 Å². The molecular formula is C15H25N3O. The van der Waals surface area contributed by atoms with E-state index < -0.39 is 0 Å². The summed E-state index contributed by atoms with van der Waals surface area (Å²) in [6.07, 6.45) is 2.26. The molecule has 1 atom stereocenters. The van der Waals surface area contributed by atoms with Crippen LogP contribution in [0.4, 0.5) is 11.4 Å². The molecule has 1 rings (SSSR count). The molecule has 106 valence electrons. The molecule has 1 unspecified atom stereocenters. The fraction of sp³-hybridized carbons (Fsp3) is 0.533. The van der Waals surface area contributed by atoms with Crippen LogP contribution in [-0.4, -0.2) is 38.0 Å². The van der Waals surface area contributed by atoms with Crippen LogP contribution in [0.1, 0.15) is 37.0 Å². The van der Waals surface area contributed by atoms with Gasteiger partial charge in [-0.25, -0.2) is 0 Å². The third-order valence-corrected chi connectivity index (χ3v) is 3.43. The van der Waals surface area contributed by atoms with Crippen molar-refractivity contribution in [1.29, 1.82) is 0 Å². The fourth-order valence-electron chi connectivity index (χ4n) is 2.12. The SMILES string of the molecule is CCCC(C)N(C)c1ccc(C(=O)N(C)C)cc1N. The molecule has 0 spiro atoms. The minimum absolute atomic E-state index is 0.0255. The Balaban J connectivity index is 2.97. The number of benzene rings is 1. The zero-order chi connectivity index (χ0) is 14.6. The van der Waals surface area contributed by atoms with Gasteiger partial charge in [-0.3, -0.25) is 4.79 Å². The summed E-state index contributed by atoms with van der Waals surface area (Å²) in [5.74, 6) is -0.0255. The molecule has 0 aromatic heterocycles. The van der Waals surface area contributed by atoms with E-state index in [1.54, 1.807) is 25.1 Å². The van der Waals surface area contributed by atoms with Gasteiger partial charge in [0.25, 0.3) is 5.91 Å². The van der Waals surface area contributed by atoms with Crippen molar-refractivity contribution in [2.45, 2.75) is 32.7 Å². The van der Waals surface area contributed by atoms with Gasteiger partial charge in [-0.1, -0.05) is 13.3 Å². The van der Waals surface area contributed by atoms with Gasteiger partial charge in [0.05, 0.1) is 11.4 Å². The van der Waals surface area contributed by atoms with Crippen molar-refractivity contribution in [3.8, 4) is 0 Å². The molecule has 2 N–H and O–H groups in total. The van der Waals surface area contributed by atoms with Crippen LogP contribution < -0.4 is 10.6 Å². The Morgan fingerprint density at radius 3 is 2.42 bits per heavy atom. The van der Waals surface area contributed by atoms with Crippen molar-refractivity contribution >= 4 is 17.3 Å². The van der Waals surface area contributed by atoms with E-state index in [9.17, 15) is 4.79 Å². The van der Waals surface area contributed by atoms with Crippen LogP contribution in [0.25, 0.3) is 0 Å². The molecular weight excluding hydrogens is 238 g/mol. The van der Waals surface area contributed by atoms with E-state index in [1.807, 2.05) is 19.2 Å². The predicted molar refractivity (Wildman–Crippen MR) is 81.6 cm³/mol. The lowest BCUT2D eigenvalue weighted by Gasteiger charge is -2.28. The molecule has 0 bridgehead atoms. The molecule has 0 aliphatic heterocycles. The fourth-order valence-corrected chi connectivity index (χ4v) is 2.12. The van der Waals surface area contributed by atoms with Crippen molar-refractivity contribution < 1.29 is 4.79 Å². The van der Waals surface area contributed by atoms with Gasteiger partial charge in [0, 0.05) is 32.7 Å². The summed E-state index contributed by atoms with van der Waals surface area (Å²) in [6.45, 7) is 4.36. The molecule has 1 aromatic rings. The normalized spacial score (nSPS) is 12.1. The standard InChI is InChI=1S/C15H25N3O/c1-6-7-11(2)18(5)14-9-8-12(10-13(14)16)15(19)17(3)4/h8-11H,6-7,16H2,1-5H3. The molecule has 0 aliphatic carbocycles. The van der Waals surface area contributed by atoms with Crippen LogP contribution in [-0.2, 0) is 0 Å². The highest BCUT2D eigenvalue weighted by Gasteiger charge is 2.14. The highest BCUT2D eigenvalue weighted by Crippen LogP contribution is 2.26. The molecule has 4 nitrogen and oxygen atoms in total. The first-order chi connectivity index (χ1) is 8.88. The minimum atomic E-state index is -0.0255. The second-order valence-corrected chi connectivity index (χ2v) is 5.22. The van der Waals surface area contributed by atoms with E-state index in [1.165, 1.54) is 0 Å². The largest absolute Gasteiger partial charge is 0.397 e. The summed E-state index contributed by atoms with van der Waals surface area (Å²) >= 11 is 0. The predicted octanol–water partition coefficient (Wildman–Crippen LogP) is 2.60. The first-order valence-electron chi connectivity index (χ1n) is 6.72. The van der Waals surface area contributed by atoms with Crippen molar-refractivity contribution in [1.82, 2.24) is 4.90 Å². The maximum atomic E-state index is 11.9. The van der Waals surface area contributed by atoms with E-state index in [4.69, 9.17) is 5.73 Å². The smallest absolute Gasteiger partial charge is 0.253 e. The van der Waals surface area contributed by atoms with Crippen LogP contribution in [0, 0.1) is 0 Å². The van der Waals surface area contributed by atoms with Crippen molar-refractivity contribution in [3.63, 3.8) is 0 Å². The highest BCUT2D eigenvalue weighted by molar-refractivity contribution is 5.95. The number of carbonyl (C=O) groups is 1. The number of nitrogen functional groups attached to an aromatic ring is 1. The van der Waals surface area contributed by atoms with Gasteiger partial charge in [-0.15, -0.1) is 0 Å². The summed E-state index contributed by atoms with van der Waals surface area (Å²) in [6, 6.07) is 5.96. The lowest BCUT2D eigenvalue weighted by atomic mass is 10.1. The Labute approximate surface area is 116 Å². The summed E-state index contributed by atoms with van der Waals surface area (Å²) < 4.78 is 0. The van der Waals surface area contributed by atoms with Gasteiger partial charge in [0.2, 0.25) is 0 Å². The van der Waals surface area contributed by atoms with E-state index in [2.05, 4.69) is 18.7 Å². The van der Waals surface area contributed by atoms with Crippen LogP contribution in [0.3, 0.4) is 0 Å². The van der Waals surface area contributed by atoms with Crippen LogP contribution in [0.15, 0.2) is 18.2 Å². The van der Waals surface area contributed by atoms with Gasteiger partial charge in [0.15, 0.2) is 0 Å². The Hall–Kier alpha value is -1.71. The lowest BCUT2D eigenvalue weighted by molar-refractivity contribution is 0.0827. The van der Waals surface area contributed by atoms with Gasteiger partial charge in [-0.05, 0) is 31.5 Å². The van der Waals surface area contributed by atoms with Gasteiger partial charge in [0.1, 0.15) is 0 Å². The number of nitrogens with zero attached hydrogens (tertiary/aromatic N) is 2. The average molecular weight is 263 g/mol. The Morgan fingerprint density at radius 1 is 1.32 bits per heavy atom. The van der Waals surface area contributed by atoms with Crippen LogP contribution in [0.2, 0.25) is 0 Å². The van der Waals surface area contributed by atoms with E-state index in [0.717, 1.165) is 18.5 Å². The van der Waals surface area contributed by atoms with Crippen molar-refractivity contribution in [3.05, 3.63) is 23.8 Å². The molecule has 0 fully saturated rings. The first kappa shape index (κ1) is 15.3. The average Bonchev–Trinajstić information content (AvgIpc) is 2.37. The number of carbonyl (C=O) groups excluding carboxylic acids is 1. The van der Waals surface area contributed by atoms with E-state index in [-0.39, 0.29) is 5.91 Å². The number of amides is 1. The Morgan fingerprint density at radius 2 is 1.95 bits per heavy atom. The monoisotopic (exact) mass is 263 g/mol. The van der Waals surface area contributed by atoms with E-state index >= 15 is 0 Å². The van der Waals surface area contributed by atoms with Gasteiger partial charge >= 0.3 is 0 Å². The number of hydrogen-bond acceptors (Lipinski definition) is 3. The highest BCUT2D eigenvalue weighted by atomic mass is 16.2. The summed E-state index contributed by atoms with van der Waals surface area (Å²) in [7, 11) is 5.52. The Kier molecular flexibility index (Phi) is 5.21. The van der Waals surface area contributed by atoms with Gasteiger partial charge in [-0.2, -0.15) is 0 Å². The second kappa shape index (κ2) is 6.45. The number of rotatable bonds is 5. The zero-order valence-corrected chi connectivity index (χ0v) is 12.6. The maximum Gasteiger partial charge on any atom is 0.253 e. The molecule has 0 saturated carbocycles. The summed E-state index contributed by atoms with van der Waals surface area (Å²) in [5.41, 5.74) is 8.34. The number of hydrogen-bond donors (Lipinski definition) is 1. The van der Waals surface area contributed by atoms with Crippen LogP contribution >= 0.6 is 0 Å². The van der Waals surface area contributed by atoms with Crippen molar-refractivity contribution in [2.75, 3.05) is 31.8 Å². The molecule has 0 aliphatic rings. The Bertz CT molecular complexity index is 443. The number of nitrogens with two attached hydrogens (primary N) is 1. The molecule has 1 aromatic carbocycles. The second-order valence-electron chi connectivity index (χ2n) is 5.22.